The molecule has 0 aliphatic carbocycles. The van der Waals surface area contributed by atoms with E-state index in [0.29, 0.717) is 49.9 Å². The summed E-state index contributed by atoms with van der Waals surface area (Å²) in [5.74, 6) is 0.681. The summed E-state index contributed by atoms with van der Waals surface area (Å²) >= 11 is 6.95. The van der Waals surface area contributed by atoms with Crippen molar-refractivity contribution >= 4 is 35.4 Å². The third-order valence-electron chi connectivity index (χ3n) is 5.57. The van der Waals surface area contributed by atoms with Gasteiger partial charge in [-0.25, -0.2) is 0 Å². The normalized spacial score (nSPS) is 15.5. The molecule has 0 saturated carbocycles. The second-order valence-electron chi connectivity index (χ2n) is 7.74. The van der Waals surface area contributed by atoms with Crippen molar-refractivity contribution in [3.8, 4) is 10.7 Å². The summed E-state index contributed by atoms with van der Waals surface area (Å²) < 4.78 is 2.22. The van der Waals surface area contributed by atoms with Gasteiger partial charge < -0.3 is 10.2 Å². The number of hydrogen-bond acceptors (Lipinski definition) is 6. The highest BCUT2D eigenvalue weighted by atomic mass is 32.1. The molecule has 0 radical (unpaired) electrons. The van der Waals surface area contributed by atoms with E-state index < -0.39 is 6.04 Å². The highest BCUT2D eigenvalue weighted by Gasteiger charge is 2.28. The molecule has 1 unspecified atom stereocenters. The topological polar surface area (TPSA) is 86.3 Å². The van der Waals surface area contributed by atoms with E-state index in [1.807, 2.05) is 59.7 Å². The first-order valence-corrected chi connectivity index (χ1v) is 11.8. The SMILES string of the molecule is CC(C(=O)N1CCN(CC(=O)NCc2ccccc2)CC1)n1c(-c2cccs2)n[nH]c1=S. The highest BCUT2D eigenvalue weighted by molar-refractivity contribution is 7.71. The average molecular weight is 471 g/mol. The fraction of sp³-hybridized carbons (Fsp3) is 0.364. The van der Waals surface area contributed by atoms with Crippen LogP contribution in [-0.2, 0) is 16.1 Å². The molecule has 3 aromatic rings. The Bertz CT molecular complexity index is 1100. The van der Waals surface area contributed by atoms with Crippen molar-refractivity contribution in [1.82, 2.24) is 29.9 Å². The van der Waals surface area contributed by atoms with Crippen LogP contribution in [0.4, 0.5) is 0 Å². The van der Waals surface area contributed by atoms with Gasteiger partial charge in [-0.1, -0.05) is 36.4 Å². The number of H-pyrrole nitrogens is 1. The standard InChI is InChI=1S/C22H26N6O2S2/c1-16(28-20(24-25-22(28)31)18-8-5-13-32-18)21(30)27-11-9-26(10-12-27)15-19(29)23-14-17-6-3-2-4-7-17/h2-8,13,16H,9-12,14-15H2,1H3,(H,23,29)(H,25,31). The molecule has 0 spiro atoms. The van der Waals surface area contributed by atoms with Crippen molar-refractivity contribution in [1.29, 1.82) is 0 Å². The lowest BCUT2D eigenvalue weighted by molar-refractivity contribution is -0.136. The maximum absolute atomic E-state index is 13.2. The number of piperazine rings is 1. The van der Waals surface area contributed by atoms with Crippen molar-refractivity contribution in [2.75, 3.05) is 32.7 Å². The number of amides is 2. The summed E-state index contributed by atoms with van der Waals surface area (Å²) in [5, 5.41) is 12.1. The number of carbonyl (C=O) groups excluding carboxylic acids is 2. The zero-order valence-electron chi connectivity index (χ0n) is 17.9. The lowest BCUT2D eigenvalue weighted by atomic mass is 10.2. The molecule has 168 valence electrons. The van der Waals surface area contributed by atoms with Gasteiger partial charge in [0.15, 0.2) is 10.6 Å². The molecule has 1 atom stereocenters. The fourth-order valence-electron chi connectivity index (χ4n) is 3.80. The first-order chi connectivity index (χ1) is 15.5. The minimum absolute atomic E-state index is 0.00714. The predicted molar refractivity (Wildman–Crippen MR) is 127 cm³/mol. The van der Waals surface area contributed by atoms with Gasteiger partial charge >= 0.3 is 0 Å². The van der Waals surface area contributed by atoms with E-state index >= 15 is 0 Å². The van der Waals surface area contributed by atoms with E-state index in [0.717, 1.165) is 10.4 Å². The van der Waals surface area contributed by atoms with Crippen LogP contribution in [0, 0.1) is 4.77 Å². The second-order valence-corrected chi connectivity index (χ2v) is 9.07. The molecule has 32 heavy (non-hydrogen) atoms. The van der Waals surface area contributed by atoms with Crippen LogP contribution in [0.25, 0.3) is 10.7 Å². The monoisotopic (exact) mass is 470 g/mol. The summed E-state index contributed by atoms with van der Waals surface area (Å²) in [5.41, 5.74) is 1.07. The van der Waals surface area contributed by atoms with Gasteiger partial charge in [-0.3, -0.25) is 24.2 Å². The minimum atomic E-state index is -0.459. The molecule has 4 rings (SSSR count). The highest BCUT2D eigenvalue weighted by Crippen LogP contribution is 2.26. The van der Waals surface area contributed by atoms with Crippen LogP contribution in [0.15, 0.2) is 47.8 Å². The summed E-state index contributed by atoms with van der Waals surface area (Å²) in [6.07, 6.45) is 0. The number of aromatic nitrogens is 3. The van der Waals surface area contributed by atoms with Crippen LogP contribution in [0.3, 0.4) is 0 Å². The first kappa shape index (κ1) is 22.4. The van der Waals surface area contributed by atoms with Gasteiger partial charge in [-0.05, 0) is 36.2 Å². The van der Waals surface area contributed by atoms with E-state index in [9.17, 15) is 9.59 Å². The van der Waals surface area contributed by atoms with Gasteiger partial charge in [-0.15, -0.1) is 11.3 Å². The number of carbonyl (C=O) groups is 2. The molecular weight excluding hydrogens is 444 g/mol. The summed E-state index contributed by atoms with van der Waals surface area (Å²) in [6, 6.07) is 13.3. The molecule has 1 fully saturated rings. The Morgan fingerprint density at radius 1 is 1.16 bits per heavy atom. The maximum atomic E-state index is 13.2. The van der Waals surface area contributed by atoms with Crippen LogP contribution in [0.1, 0.15) is 18.5 Å². The Labute approximate surface area is 195 Å². The van der Waals surface area contributed by atoms with Crippen molar-refractivity contribution < 1.29 is 9.59 Å². The van der Waals surface area contributed by atoms with Gasteiger partial charge in [0.2, 0.25) is 11.8 Å². The quantitative estimate of drug-likeness (QED) is 0.519. The third-order valence-corrected chi connectivity index (χ3v) is 6.73. The van der Waals surface area contributed by atoms with Crippen molar-refractivity contribution in [2.24, 2.45) is 0 Å². The van der Waals surface area contributed by atoms with E-state index in [4.69, 9.17) is 12.2 Å². The Hall–Kier alpha value is -2.82. The molecule has 8 nitrogen and oxygen atoms in total. The van der Waals surface area contributed by atoms with E-state index in [-0.39, 0.29) is 11.8 Å². The second kappa shape index (κ2) is 10.2. The molecule has 10 heteroatoms. The molecule has 2 amide bonds. The fourth-order valence-corrected chi connectivity index (χ4v) is 4.80. The number of aromatic amines is 1. The molecular formula is C22H26N6O2S2. The smallest absolute Gasteiger partial charge is 0.245 e. The number of benzene rings is 1. The zero-order chi connectivity index (χ0) is 22.5. The lowest BCUT2D eigenvalue weighted by Gasteiger charge is -2.35. The summed E-state index contributed by atoms with van der Waals surface area (Å²) in [6.45, 7) is 5.18. The van der Waals surface area contributed by atoms with Gasteiger partial charge in [0.25, 0.3) is 0 Å². The molecule has 2 N–H and O–H groups in total. The Kier molecular flexibility index (Phi) is 7.13. The minimum Gasteiger partial charge on any atom is -0.351 e. The lowest BCUT2D eigenvalue weighted by Crippen LogP contribution is -2.52. The molecule has 2 aromatic heterocycles. The molecule has 1 aliphatic heterocycles. The number of nitrogens with zero attached hydrogens (tertiary/aromatic N) is 4. The van der Waals surface area contributed by atoms with Gasteiger partial charge in [0.05, 0.1) is 11.4 Å². The Balaban J connectivity index is 1.30. The molecule has 3 heterocycles. The first-order valence-electron chi connectivity index (χ1n) is 10.6. The van der Waals surface area contributed by atoms with Gasteiger partial charge in [-0.2, -0.15) is 5.10 Å². The molecule has 1 aliphatic rings. The van der Waals surface area contributed by atoms with E-state index in [1.54, 1.807) is 15.9 Å². The van der Waals surface area contributed by atoms with E-state index in [1.165, 1.54) is 0 Å². The average Bonchev–Trinajstić information content (AvgIpc) is 3.48. The summed E-state index contributed by atoms with van der Waals surface area (Å²) in [7, 11) is 0. The van der Waals surface area contributed by atoms with Crippen LogP contribution in [0.5, 0.6) is 0 Å². The maximum Gasteiger partial charge on any atom is 0.245 e. The molecule has 1 saturated heterocycles. The number of nitrogens with one attached hydrogen (secondary N) is 2. The van der Waals surface area contributed by atoms with Crippen LogP contribution < -0.4 is 5.32 Å². The van der Waals surface area contributed by atoms with Crippen LogP contribution >= 0.6 is 23.6 Å². The van der Waals surface area contributed by atoms with Crippen molar-refractivity contribution in [3.63, 3.8) is 0 Å². The van der Waals surface area contributed by atoms with Gasteiger partial charge in [0.1, 0.15) is 6.04 Å². The van der Waals surface area contributed by atoms with E-state index in [2.05, 4.69) is 20.4 Å². The van der Waals surface area contributed by atoms with Crippen molar-refractivity contribution in [2.45, 2.75) is 19.5 Å². The predicted octanol–water partition coefficient (Wildman–Crippen LogP) is 2.69. The van der Waals surface area contributed by atoms with Crippen LogP contribution in [0.2, 0.25) is 0 Å². The molecule has 1 aromatic carbocycles. The van der Waals surface area contributed by atoms with Crippen molar-refractivity contribution in [3.05, 3.63) is 58.2 Å². The Morgan fingerprint density at radius 2 is 1.91 bits per heavy atom. The molecule has 0 bridgehead atoms. The van der Waals surface area contributed by atoms with Crippen LogP contribution in [-0.4, -0.2) is 69.1 Å². The third kappa shape index (κ3) is 5.14. The Morgan fingerprint density at radius 3 is 2.59 bits per heavy atom. The largest absolute Gasteiger partial charge is 0.351 e. The number of hydrogen-bond donors (Lipinski definition) is 2. The number of rotatable bonds is 7. The van der Waals surface area contributed by atoms with Gasteiger partial charge in [0, 0.05) is 32.7 Å². The number of thiophene rings is 1. The summed E-state index contributed by atoms with van der Waals surface area (Å²) in [4.78, 5) is 30.4. The zero-order valence-corrected chi connectivity index (χ0v) is 19.5.